The average Bonchev–Trinajstić information content (AvgIpc) is 3.16. The van der Waals surface area contributed by atoms with Crippen molar-refractivity contribution in [1.82, 2.24) is 20.4 Å². The van der Waals surface area contributed by atoms with Crippen LogP contribution in [0.2, 0.25) is 0 Å². The molecule has 3 rings (SSSR count). The molecule has 0 radical (unpaired) electrons. The molecule has 0 unspecified atom stereocenters. The van der Waals surface area contributed by atoms with E-state index in [0.29, 0.717) is 6.54 Å². The molecule has 5 heteroatoms. The molecule has 0 atom stereocenters. The van der Waals surface area contributed by atoms with Gasteiger partial charge in [0.05, 0.1) is 12.7 Å². The van der Waals surface area contributed by atoms with E-state index in [1.807, 2.05) is 16.9 Å². The predicted molar refractivity (Wildman–Crippen MR) is 111 cm³/mol. The lowest BCUT2D eigenvalue weighted by Crippen LogP contribution is -2.37. The van der Waals surface area contributed by atoms with E-state index in [-0.39, 0.29) is 0 Å². The van der Waals surface area contributed by atoms with E-state index >= 15 is 0 Å². The molecule has 0 amide bonds. The number of rotatable bonds is 8. The molecule has 0 saturated carbocycles. The lowest BCUT2D eigenvalue weighted by Gasteiger charge is -2.11. The molecule has 0 aliphatic rings. The Morgan fingerprint density at radius 3 is 2.33 bits per heavy atom. The normalized spacial score (nSPS) is 11.4. The SMILES string of the molecule is CN=C(NCCCc1ccccc1)NCc1cnn(Cc2ccccc2)c1. The van der Waals surface area contributed by atoms with Gasteiger partial charge in [-0.2, -0.15) is 5.10 Å². The molecule has 0 saturated heterocycles. The highest BCUT2D eigenvalue weighted by molar-refractivity contribution is 5.79. The lowest BCUT2D eigenvalue weighted by atomic mass is 10.1. The van der Waals surface area contributed by atoms with Crippen LogP contribution in [0.4, 0.5) is 0 Å². The van der Waals surface area contributed by atoms with Gasteiger partial charge in [-0.05, 0) is 24.0 Å². The highest BCUT2D eigenvalue weighted by Gasteiger charge is 2.02. The van der Waals surface area contributed by atoms with E-state index in [0.717, 1.165) is 37.5 Å². The second-order valence-electron chi connectivity index (χ2n) is 6.47. The second-order valence-corrected chi connectivity index (χ2v) is 6.47. The molecule has 0 spiro atoms. The van der Waals surface area contributed by atoms with Crippen LogP contribution in [0, 0.1) is 0 Å². The number of benzene rings is 2. The molecule has 0 bridgehead atoms. The molecule has 2 aromatic carbocycles. The van der Waals surface area contributed by atoms with E-state index in [9.17, 15) is 0 Å². The Kier molecular flexibility index (Phi) is 7.04. The summed E-state index contributed by atoms with van der Waals surface area (Å²) in [7, 11) is 1.80. The lowest BCUT2D eigenvalue weighted by molar-refractivity contribution is 0.685. The Bertz CT molecular complexity index is 824. The van der Waals surface area contributed by atoms with E-state index < -0.39 is 0 Å². The maximum atomic E-state index is 4.44. The summed E-state index contributed by atoms with van der Waals surface area (Å²) in [5, 5.41) is 11.2. The highest BCUT2D eigenvalue weighted by Crippen LogP contribution is 2.04. The summed E-state index contributed by atoms with van der Waals surface area (Å²) < 4.78 is 1.96. The standard InChI is InChI=1S/C22H27N5/c1-23-22(24-14-8-13-19-9-4-2-5-10-19)25-15-21-16-26-27(18-21)17-20-11-6-3-7-12-20/h2-7,9-12,16,18H,8,13-15,17H2,1H3,(H2,23,24,25). The van der Waals surface area contributed by atoms with Crippen LogP contribution in [0.3, 0.4) is 0 Å². The Morgan fingerprint density at radius 2 is 1.63 bits per heavy atom. The molecule has 0 fully saturated rings. The number of nitrogens with one attached hydrogen (secondary N) is 2. The van der Waals surface area contributed by atoms with Crippen molar-refractivity contribution < 1.29 is 0 Å². The van der Waals surface area contributed by atoms with Crippen LogP contribution in [0.1, 0.15) is 23.1 Å². The van der Waals surface area contributed by atoms with E-state index in [2.05, 4.69) is 81.5 Å². The van der Waals surface area contributed by atoms with Crippen LogP contribution in [-0.2, 0) is 19.5 Å². The molecule has 0 aliphatic carbocycles. The monoisotopic (exact) mass is 361 g/mol. The third-order valence-electron chi connectivity index (χ3n) is 4.34. The van der Waals surface area contributed by atoms with Crippen LogP contribution in [0.15, 0.2) is 78.0 Å². The summed E-state index contributed by atoms with van der Waals surface area (Å²) in [6.07, 6.45) is 6.11. The van der Waals surface area contributed by atoms with Crippen LogP contribution in [-0.4, -0.2) is 29.3 Å². The highest BCUT2D eigenvalue weighted by atomic mass is 15.3. The zero-order valence-electron chi connectivity index (χ0n) is 15.8. The minimum atomic E-state index is 0.702. The van der Waals surface area contributed by atoms with Crippen LogP contribution in [0.25, 0.3) is 0 Å². The maximum absolute atomic E-state index is 4.44. The topological polar surface area (TPSA) is 54.2 Å². The Balaban J connectivity index is 1.39. The van der Waals surface area contributed by atoms with E-state index in [4.69, 9.17) is 0 Å². The number of nitrogens with zero attached hydrogens (tertiary/aromatic N) is 3. The first-order valence-electron chi connectivity index (χ1n) is 9.37. The maximum Gasteiger partial charge on any atom is 0.191 e. The van der Waals surface area contributed by atoms with Crippen molar-refractivity contribution in [3.05, 3.63) is 89.7 Å². The van der Waals surface area contributed by atoms with Gasteiger partial charge in [0.2, 0.25) is 0 Å². The fourth-order valence-electron chi connectivity index (χ4n) is 2.91. The molecule has 0 aliphatic heterocycles. The van der Waals surface area contributed by atoms with Crippen molar-refractivity contribution in [2.45, 2.75) is 25.9 Å². The Morgan fingerprint density at radius 1 is 0.926 bits per heavy atom. The molecular formula is C22H27N5. The molecule has 2 N–H and O–H groups in total. The molecule has 1 aromatic heterocycles. The molecule has 27 heavy (non-hydrogen) atoms. The van der Waals surface area contributed by atoms with Crippen molar-refractivity contribution in [1.29, 1.82) is 0 Å². The van der Waals surface area contributed by atoms with E-state index in [1.165, 1.54) is 11.1 Å². The summed E-state index contributed by atoms with van der Waals surface area (Å²) in [5.74, 6) is 0.818. The van der Waals surface area contributed by atoms with Gasteiger partial charge in [-0.25, -0.2) is 0 Å². The van der Waals surface area contributed by atoms with Gasteiger partial charge in [-0.1, -0.05) is 60.7 Å². The summed E-state index contributed by atoms with van der Waals surface area (Å²) >= 11 is 0. The number of aromatic nitrogens is 2. The van der Waals surface area contributed by atoms with Crippen molar-refractivity contribution in [2.75, 3.05) is 13.6 Å². The third-order valence-corrected chi connectivity index (χ3v) is 4.34. The molecule has 140 valence electrons. The quantitative estimate of drug-likeness (QED) is 0.368. The minimum Gasteiger partial charge on any atom is -0.356 e. The van der Waals surface area contributed by atoms with Gasteiger partial charge >= 0.3 is 0 Å². The molecule has 5 nitrogen and oxygen atoms in total. The smallest absolute Gasteiger partial charge is 0.191 e. The van der Waals surface area contributed by atoms with Crippen molar-refractivity contribution in [2.24, 2.45) is 4.99 Å². The average molecular weight is 361 g/mol. The molecule has 3 aromatic rings. The van der Waals surface area contributed by atoms with Crippen LogP contribution in [0.5, 0.6) is 0 Å². The van der Waals surface area contributed by atoms with Gasteiger partial charge in [0.15, 0.2) is 5.96 Å². The summed E-state index contributed by atoms with van der Waals surface area (Å²) in [5.41, 5.74) is 3.75. The Hall–Kier alpha value is -3.08. The van der Waals surface area contributed by atoms with Crippen molar-refractivity contribution >= 4 is 5.96 Å². The largest absolute Gasteiger partial charge is 0.356 e. The first kappa shape index (κ1) is 18.7. The van der Waals surface area contributed by atoms with Crippen LogP contribution < -0.4 is 10.6 Å². The molecule has 1 heterocycles. The van der Waals surface area contributed by atoms with Crippen molar-refractivity contribution in [3.63, 3.8) is 0 Å². The van der Waals surface area contributed by atoms with Crippen LogP contribution >= 0.6 is 0 Å². The number of hydrogen-bond acceptors (Lipinski definition) is 2. The first-order chi connectivity index (χ1) is 13.3. The van der Waals surface area contributed by atoms with Gasteiger partial charge in [-0.3, -0.25) is 9.67 Å². The zero-order valence-corrected chi connectivity index (χ0v) is 15.8. The van der Waals surface area contributed by atoms with Gasteiger partial charge in [-0.15, -0.1) is 0 Å². The van der Waals surface area contributed by atoms with Gasteiger partial charge in [0.1, 0.15) is 0 Å². The first-order valence-corrected chi connectivity index (χ1v) is 9.37. The fourth-order valence-corrected chi connectivity index (χ4v) is 2.91. The van der Waals surface area contributed by atoms with E-state index in [1.54, 1.807) is 7.05 Å². The summed E-state index contributed by atoms with van der Waals surface area (Å²) in [6, 6.07) is 20.9. The number of hydrogen-bond donors (Lipinski definition) is 2. The molecular weight excluding hydrogens is 334 g/mol. The van der Waals surface area contributed by atoms with Gasteiger partial charge in [0, 0.05) is 31.9 Å². The number of aliphatic imine (C=N–C) groups is 1. The van der Waals surface area contributed by atoms with Gasteiger partial charge < -0.3 is 10.6 Å². The zero-order chi connectivity index (χ0) is 18.7. The van der Waals surface area contributed by atoms with Gasteiger partial charge in [0.25, 0.3) is 0 Å². The second kappa shape index (κ2) is 10.2. The number of aryl methyl sites for hydroxylation is 1. The third kappa shape index (κ3) is 6.29. The number of guanidine groups is 1. The Labute approximate surface area is 161 Å². The predicted octanol–water partition coefficient (Wildman–Crippen LogP) is 3.23. The summed E-state index contributed by atoms with van der Waals surface area (Å²) in [6.45, 7) is 2.38. The van der Waals surface area contributed by atoms with Crippen molar-refractivity contribution in [3.8, 4) is 0 Å². The fraction of sp³-hybridized carbons (Fsp3) is 0.273. The minimum absolute atomic E-state index is 0.702. The summed E-state index contributed by atoms with van der Waals surface area (Å²) in [4.78, 5) is 4.29.